The largest absolute Gasteiger partial charge is 0.490 e. The van der Waals surface area contributed by atoms with Gasteiger partial charge in [-0.25, -0.2) is 23.9 Å². The molecule has 0 bridgehead atoms. The van der Waals surface area contributed by atoms with Crippen LogP contribution in [0.1, 0.15) is 72.6 Å². The van der Waals surface area contributed by atoms with Crippen LogP contribution in [0.25, 0.3) is 11.0 Å². The number of aliphatic hydroxyl groups excluding tert-OH is 2. The molecule has 15 nitrogen and oxygen atoms in total. The molecule has 0 radical (unpaired) electrons. The average Bonchev–Trinajstić information content (AvgIpc) is 3.65. The van der Waals surface area contributed by atoms with Crippen molar-refractivity contribution in [3.8, 4) is 0 Å². The van der Waals surface area contributed by atoms with E-state index in [2.05, 4.69) is 26.9 Å². The number of rotatable bonds is 13. The normalized spacial score (nSPS) is 14.3. The first-order valence-corrected chi connectivity index (χ1v) is 16.9. The summed E-state index contributed by atoms with van der Waals surface area (Å²) in [6.07, 6.45) is -0.474. The highest BCUT2D eigenvalue weighted by atomic mass is 35.5. The first-order valence-electron chi connectivity index (χ1n) is 16.5. The molecule has 1 saturated heterocycles. The monoisotopic (exact) mass is 744 g/mol. The second-order valence-corrected chi connectivity index (χ2v) is 12.2. The zero-order chi connectivity index (χ0) is 38.0. The van der Waals surface area contributed by atoms with Crippen molar-refractivity contribution in [2.45, 2.75) is 77.9 Å². The van der Waals surface area contributed by atoms with E-state index in [1.165, 1.54) is 0 Å². The van der Waals surface area contributed by atoms with E-state index in [-0.39, 0.29) is 48.1 Å². The van der Waals surface area contributed by atoms with E-state index >= 15 is 0 Å². The summed E-state index contributed by atoms with van der Waals surface area (Å²) in [7, 11) is 2.50. The molecule has 3 heterocycles. The Morgan fingerprint density at radius 2 is 1.86 bits per heavy atom. The van der Waals surface area contributed by atoms with Crippen LogP contribution in [0.4, 0.5) is 30.5 Å². The Labute approximate surface area is 298 Å². The van der Waals surface area contributed by atoms with Crippen LogP contribution in [-0.4, -0.2) is 100 Å². The van der Waals surface area contributed by atoms with Crippen LogP contribution in [0.3, 0.4) is 0 Å². The summed E-state index contributed by atoms with van der Waals surface area (Å²) in [6, 6.07) is 3.86. The fraction of sp³-hybridized carbons (Fsp3) is 0.562. The van der Waals surface area contributed by atoms with E-state index in [0.29, 0.717) is 51.1 Å². The Hall–Kier alpha value is -4.42. The maximum atomic E-state index is 13.9. The second-order valence-electron chi connectivity index (χ2n) is 11.9. The molecule has 51 heavy (non-hydrogen) atoms. The number of esters is 1. The van der Waals surface area contributed by atoms with Crippen LogP contribution in [0.15, 0.2) is 12.1 Å². The third kappa shape index (κ3) is 10.1. The lowest BCUT2D eigenvalue weighted by Gasteiger charge is -2.24. The maximum absolute atomic E-state index is 13.9. The van der Waals surface area contributed by atoms with E-state index in [1.807, 2.05) is 40.1 Å². The number of hydrogen-bond donors (Lipinski definition) is 5. The standard InChI is InChI=1S/C29H42ClN9O4.C3H3F3O2/c1-4-6-7-8-10-36(3)29(43)19-14-21-22(15-20(19)37-11-9-18(41)17-37)39(12-13-40)23(38(21)5-2)16-33-28(42)24-26(31)35-27(32)25(30)34-24;1-8-2(7)3(4,5)6/h14-15,18,40-41H,4-13,16-17H2,1-3H3,(H4-,31,32,33,35,42);1H3/p+1. The molecule has 4 rings (SSSR count). The Morgan fingerprint density at radius 3 is 2.41 bits per heavy atom. The highest BCUT2D eigenvalue weighted by Gasteiger charge is 2.40. The van der Waals surface area contributed by atoms with E-state index in [9.17, 15) is 37.8 Å². The topological polar surface area (TPSA) is 206 Å². The van der Waals surface area contributed by atoms with E-state index in [1.54, 1.807) is 4.90 Å². The number of nitrogens with zero attached hydrogens (tertiary/aromatic N) is 6. The number of nitrogens with one attached hydrogen (secondary N) is 1. The fourth-order valence-electron chi connectivity index (χ4n) is 5.76. The number of imidazole rings is 1. The van der Waals surface area contributed by atoms with Gasteiger partial charge >= 0.3 is 12.1 Å². The van der Waals surface area contributed by atoms with Crippen molar-refractivity contribution in [2.75, 3.05) is 56.8 Å². The van der Waals surface area contributed by atoms with E-state index in [0.717, 1.165) is 42.4 Å². The van der Waals surface area contributed by atoms with Crippen LogP contribution in [0, 0.1) is 0 Å². The maximum Gasteiger partial charge on any atom is 0.490 e. The van der Waals surface area contributed by atoms with Gasteiger partial charge in [0.1, 0.15) is 13.1 Å². The number of carbonyl (C=O) groups is 3. The molecule has 282 valence electrons. The molecule has 1 aromatic carbocycles. The van der Waals surface area contributed by atoms with Gasteiger partial charge in [-0.05, 0) is 19.8 Å². The molecule has 1 fully saturated rings. The quantitative estimate of drug-likeness (QED) is 0.0976. The molecule has 1 aliphatic rings. The summed E-state index contributed by atoms with van der Waals surface area (Å²) in [5.41, 5.74) is 14.3. The number of unbranched alkanes of at least 4 members (excludes halogenated alkanes) is 3. The summed E-state index contributed by atoms with van der Waals surface area (Å²) < 4.78 is 40.2. The highest BCUT2D eigenvalue weighted by Crippen LogP contribution is 2.31. The van der Waals surface area contributed by atoms with Crippen LogP contribution in [0.5, 0.6) is 0 Å². The van der Waals surface area contributed by atoms with Gasteiger partial charge in [0.05, 0.1) is 37.6 Å². The number of hydrogen-bond acceptors (Lipinski definition) is 11. The first kappa shape index (κ1) is 41.0. The van der Waals surface area contributed by atoms with E-state index < -0.39 is 24.2 Å². The summed E-state index contributed by atoms with van der Waals surface area (Å²) in [5.74, 6) is -2.34. The van der Waals surface area contributed by atoms with Crippen LogP contribution >= 0.6 is 11.6 Å². The Balaban J connectivity index is 0.000000783. The number of aryl methyl sites for hydroxylation is 1. The number of methoxy groups -OCH3 is 1. The summed E-state index contributed by atoms with van der Waals surface area (Å²) >= 11 is 5.98. The Morgan fingerprint density at radius 1 is 1.16 bits per heavy atom. The molecule has 0 saturated carbocycles. The van der Waals surface area contributed by atoms with Crippen molar-refractivity contribution in [1.82, 2.24) is 24.8 Å². The number of aliphatic hydroxyl groups is 2. The SMILES string of the molecule is CCCCCCN(C)C(=O)c1cc2c(cc1N1CCC(O)C1)[n+](CCO)c(CNC(=O)c1nc(Cl)c(N)nc1N)n2CC.COC(=O)C(F)(F)F. The molecule has 1 atom stereocenters. The van der Waals surface area contributed by atoms with Crippen LogP contribution in [-0.2, 0) is 29.2 Å². The number of alkyl halides is 3. The van der Waals surface area contributed by atoms with Crippen molar-refractivity contribution >= 4 is 57.7 Å². The van der Waals surface area contributed by atoms with Gasteiger partial charge in [0, 0.05) is 38.8 Å². The number of halogens is 4. The second kappa shape index (κ2) is 18.2. The smallest absolute Gasteiger partial charge is 0.462 e. The Kier molecular flexibility index (Phi) is 14.6. The molecule has 2 aromatic heterocycles. The number of amides is 2. The third-order valence-electron chi connectivity index (χ3n) is 8.31. The summed E-state index contributed by atoms with van der Waals surface area (Å²) in [6.45, 7) is 6.56. The number of carbonyl (C=O) groups excluding carboxylic acids is 3. The molecule has 1 unspecified atom stereocenters. The van der Waals surface area contributed by atoms with E-state index in [4.69, 9.17) is 23.1 Å². The van der Waals surface area contributed by atoms with Gasteiger partial charge in [-0.1, -0.05) is 37.8 Å². The molecular weight excluding hydrogens is 699 g/mol. The van der Waals surface area contributed by atoms with Gasteiger partial charge in [0.15, 0.2) is 33.5 Å². The predicted molar refractivity (Wildman–Crippen MR) is 184 cm³/mol. The van der Waals surface area contributed by atoms with Gasteiger partial charge in [-0.2, -0.15) is 13.2 Å². The minimum Gasteiger partial charge on any atom is -0.462 e. The lowest BCUT2D eigenvalue weighted by Crippen LogP contribution is -2.42. The van der Waals surface area contributed by atoms with Crippen LogP contribution < -0.4 is 26.3 Å². The zero-order valence-corrected chi connectivity index (χ0v) is 29.9. The zero-order valence-electron chi connectivity index (χ0n) is 29.1. The molecule has 2 amide bonds. The number of aromatic nitrogens is 4. The number of fused-ring (bicyclic) bond motifs is 1. The lowest BCUT2D eigenvalue weighted by atomic mass is 10.1. The number of nitrogens with two attached hydrogens (primary N) is 2. The van der Waals surface area contributed by atoms with Crippen molar-refractivity contribution < 1.29 is 47.1 Å². The minimum atomic E-state index is -4.85. The van der Waals surface area contributed by atoms with Crippen molar-refractivity contribution in [1.29, 1.82) is 0 Å². The predicted octanol–water partition coefficient (Wildman–Crippen LogP) is 2.42. The van der Waals surface area contributed by atoms with Gasteiger partial charge in [-0.15, -0.1) is 0 Å². The molecule has 0 aliphatic carbocycles. The average molecular weight is 745 g/mol. The van der Waals surface area contributed by atoms with Gasteiger partial charge in [0.2, 0.25) is 0 Å². The highest BCUT2D eigenvalue weighted by molar-refractivity contribution is 6.31. The first-order chi connectivity index (χ1) is 24.1. The molecule has 3 aromatic rings. The van der Waals surface area contributed by atoms with Gasteiger partial charge in [-0.3, -0.25) is 9.59 Å². The molecular formula is C32H46ClF3N9O6+. The minimum absolute atomic E-state index is 0.0686. The summed E-state index contributed by atoms with van der Waals surface area (Å²) in [4.78, 5) is 48.1. The molecule has 7 N–H and O–H groups in total. The Bertz CT molecular complexity index is 1710. The fourth-order valence-corrected chi connectivity index (χ4v) is 5.89. The molecule has 0 spiro atoms. The number of nitrogen functional groups attached to an aromatic ring is 2. The summed E-state index contributed by atoms with van der Waals surface area (Å²) in [5, 5.41) is 23.0. The molecule has 1 aliphatic heterocycles. The number of anilines is 3. The van der Waals surface area contributed by atoms with Crippen molar-refractivity contribution in [3.63, 3.8) is 0 Å². The molecule has 19 heteroatoms. The lowest BCUT2D eigenvalue weighted by molar-refractivity contribution is -0.681. The number of benzene rings is 1. The van der Waals surface area contributed by atoms with Crippen molar-refractivity contribution in [2.24, 2.45) is 0 Å². The number of β-amino-alcohol motifs (C(OH)–C–C–N with tert-alkyl or cyclic N) is 1. The van der Waals surface area contributed by atoms with Crippen molar-refractivity contribution in [3.05, 3.63) is 34.4 Å². The van der Waals surface area contributed by atoms with Gasteiger partial charge < -0.3 is 41.5 Å². The van der Waals surface area contributed by atoms with Gasteiger partial charge in [0.25, 0.3) is 17.6 Å². The number of ether oxygens (including phenoxy) is 1. The third-order valence-corrected chi connectivity index (χ3v) is 8.59. The van der Waals surface area contributed by atoms with Crippen LogP contribution in [0.2, 0.25) is 5.15 Å².